The smallest absolute Gasteiger partial charge is 0.254 e. The van der Waals surface area contributed by atoms with Crippen LogP contribution in [-0.4, -0.2) is 28.3 Å². The Balaban J connectivity index is 2.07. The van der Waals surface area contributed by atoms with Crippen molar-refractivity contribution in [1.82, 2.24) is 15.1 Å². The van der Waals surface area contributed by atoms with Crippen LogP contribution in [0.25, 0.3) is 5.69 Å². The van der Waals surface area contributed by atoms with Crippen LogP contribution in [0.3, 0.4) is 0 Å². The van der Waals surface area contributed by atoms with Gasteiger partial charge in [0, 0.05) is 23.8 Å². The maximum atomic E-state index is 12.3. The summed E-state index contributed by atoms with van der Waals surface area (Å²) in [7, 11) is 0. The highest BCUT2D eigenvalue weighted by atomic mass is 35.5. The molecule has 0 fully saturated rings. The fourth-order valence-corrected chi connectivity index (χ4v) is 2.35. The molecule has 22 heavy (non-hydrogen) atoms. The highest BCUT2D eigenvalue weighted by molar-refractivity contribution is 6.30. The molecule has 0 aliphatic rings. The molecule has 2 rings (SSSR count). The SMILES string of the molecule is CC(C)CC(CN)NC(=O)c1cnn(-c2ccc(Cl)cc2)c1. The van der Waals surface area contributed by atoms with Gasteiger partial charge in [-0.2, -0.15) is 5.10 Å². The summed E-state index contributed by atoms with van der Waals surface area (Å²) < 4.78 is 1.64. The summed E-state index contributed by atoms with van der Waals surface area (Å²) in [5, 5.41) is 7.82. The number of aromatic nitrogens is 2. The monoisotopic (exact) mass is 320 g/mol. The van der Waals surface area contributed by atoms with Gasteiger partial charge in [0.1, 0.15) is 0 Å². The lowest BCUT2D eigenvalue weighted by Crippen LogP contribution is -2.40. The Kier molecular flexibility index (Phi) is 5.57. The van der Waals surface area contributed by atoms with E-state index in [0.29, 0.717) is 23.0 Å². The molecule has 0 bridgehead atoms. The third-order valence-corrected chi connectivity index (χ3v) is 3.56. The minimum Gasteiger partial charge on any atom is -0.348 e. The van der Waals surface area contributed by atoms with Gasteiger partial charge in [-0.1, -0.05) is 25.4 Å². The number of hydrogen-bond acceptors (Lipinski definition) is 3. The van der Waals surface area contributed by atoms with Gasteiger partial charge in [0.05, 0.1) is 17.4 Å². The Labute approximate surface area is 135 Å². The lowest BCUT2D eigenvalue weighted by Gasteiger charge is -2.18. The largest absolute Gasteiger partial charge is 0.348 e. The molecule has 1 atom stereocenters. The van der Waals surface area contributed by atoms with E-state index in [9.17, 15) is 4.79 Å². The second-order valence-corrected chi connectivity index (χ2v) is 6.12. The number of carbonyl (C=O) groups is 1. The van der Waals surface area contributed by atoms with Gasteiger partial charge in [-0.25, -0.2) is 4.68 Å². The van der Waals surface area contributed by atoms with E-state index in [-0.39, 0.29) is 11.9 Å². The normalized spacial score (nSPS) is 12.4. The molecule has 6 heteroatoms. The fraction of sp³-hybridized carbons (Fsp3) is 0.375. The van der Waals surface area contributed by atoms with Crippen molar-refractivity contribution in [2.75, 3.05) is 6.54 Å². The lowest BCUT2D eigenvalue weighted by atomic mass is 10.0. The van der Waals surface area contributed by atoms with E-state index in [0.717, 1.165) is 12.1 Å². The molecule has 0 saturated carbocycles. The molecule has 1 aromatic heterocycles. The minimum atomic E-state index is -0.156. The Morgan fingerprint density at radius 2 is 2.05 bits per heavy atom. The molecule has 1 aromatic carbocycles. The van der Waals surface area contributed by atoms with Gasteiger partial charge in [-0.15, -0.1) is 0 Å². The Hall–Kier alpha value is -1.85. The molecule has 0 aliphatic carbocycles. The summed E-state index contributed by atoms with van der Waals surface area (Å²) in [6.07, 6.45) is 4.10. The van der Waals surface area contributed by atoms with Crippen LogP contribution in [0.5, 0.6) is 0 Å². The van der Waals surface area contributed by atoms with E-state index < -0.39 is 0 Å². The molecule has 3 N–H and O–H groups in total. The van der Waals surface area contributed by atoms with Crippen LogP contribution in [0.2, 0.25) is 5.02 Å². The molecule has 1 amide bonds. The van der Waals surface area contributed by atoms with Crippen molar-refractivity contribution in [2.45, 2.75) is 26.3 Å². The van der Waals surface area contributed by atoms with Gasteiger partial charge in [-0.05, 0) is 36.6 Å². The average molecular weight is 321 g/mol. The highest BCUT2D eigenvalue weighted by Crippen LogP contribution is 2.13. The van der Waals surface area contributed by atoms with Crippen LogP contribution < -0.4 is 11.1 Å². The quantitative estimate of drug-likeness (QED) is 0.859. The molecule has 0 spiro atoms. The first kappa shape index (κ1) is 16.5. The fourth-order valence-electron chi connectivity index (χ4n) is 2.23. The molecular formula is C16H21ClN4O. The predicted octanol–water partition coefficient (Wildman–Crippen LogP) is 2.63. The molecule has 0 radical (unpaired) electrons. The Bertz CT molecular complexity index is 621. The van der Waals surface area contributed by atoms with Crippen LogP contribution in [0, 0.1) is 5.92 Å². The Morgan fingerprint density at radius 1 is 1.36 bits per heavy atom. The first-order chi connectivity index (χ1) is 10.5. The standard InChI is InChI=1S/C16H21ClN4O/c1-11(2)7-14(8-18)20-16(22)12-9-19-21(10-12)15-5-3-13(17)4-6-15/h3-6,9-11,14H,7-8,18H2,1-2H3,(H,20,22). The van der Waals surface area contributed by atoms with Gasteiger partial charge in [0.15, 0.2) is 0 Å². The van der Waals surface area contributed by atoms with Crippen LogP contribution in [-0.2, 0) is 0 Å². The molecule has 2 aromatic rings. The molecule has 1 heterocycles. The lowest BCUT2D eigenvalue weighted by molar-refractivity contribution is 0.0934. The number of nitrogens with two attached hydrogens (primary N) is 1. The number of amides is 1. The van der Waals surface area contributed by atoms with Crippen LogP contribution in [0.4, 0.5) is 0 Å². The van der Waals surface area contributed by atoms with E-state index in [4.69, 9.17) is 17.3 Å². The number of nitrogens with one attached hydrogen (secondary N) is 1. The van der Waals surface area contributed by atoms with Gasteiger partial charge < -0.3 is 11.1 Å². The van der Waals surface area contributed by atoms with E-state index in [1.54, 1.807) is 29.2 Å². The van der Waals surface area contributed by atoms with Gasteiger partial charge in [-0.3, -0.25) is 4.79 Å². The summed E-state index contributed by atoms with van der Waals surface area (Å²) in [5.41, 5.74) is 7.07. The van der Waals surface area contributed by atoms with Crippen LogP contribution in [0.15, 0.2) is 36.7 Å². The zero-order valence-electron chi connectivity index (χ0n) is 12.8. The molecule has 118 valence electrons. The number of carbonyl (C=O) groups excluding carboxylic acids is 1. The number of rotatable bonds is 6. The van der Waals surface area contributed by atoms with E-state index in [1.165, 1.54) is 0 Å². The summed E-state index contributed by atoms with van der Waals surface area (Å²) in [6, 6.07) is 7.24. The molecule has 1 unspecified atom stereocenters. The van der Waals surface area contributed by atoms with E-state index >= 15 is 0 Å². The van der Waals surface area contributed by atoms with Crippen LogP contribution >= 0.6 is 11.6 Å². The number of nitrogens with zero attached hydrogens (tertiary/aromatic N) is 2. The maximum Gasteiger partial charge on any atom is 0.254 e. The highest BCUT2D eigenvalue weighted by Gasteiger charge is 2.15. The number of halogens is 1. The molecule has 0 saturated heterocycles. The number of hydrogen-bond donors (Lipinski definition) is 2. The van der Waals surface area contributed by atoms with Crippen molar-refractivity contribution in [1.29, 1.82) is 0 Å². The molecule has 0 aliphatic heterocycles. The van der Waals surface area contributed by atoms with Crippen molar-refractivity contribution in [3.05, 3.63) is 47.2 Å². The molecular weight excluding hydrogens is 300 g/mol. The third-order valence-electron chi connectivity index (χ3n) is 3.31. The second-order valence-electron chi connectivity index (χ2n) is 5.69. The zero-order valence-corrected chi connectivity index (χ0v) is 13.5. The number of benzene rings is 1. The van der Waals surface area contributed by atoms with E-state index in [1.807, 2.05) is 12.1 Å². The van der Waals surface area contributed by atoms with Crippen LogP contribution in [0.1, 0.15) is 30.6 Å². The molecule has 5 nitrogen and oxygen atoms in total. The van der Waals surface area contributed by atoms with Crippen molar-refractivity contribution >= 4 is 17.5 Å². The first-order valence-electron chi connectivity index (χ1n) is 7.31. The van der Waals surface area contributed by atoms with Crippen molar-refractivity contribution in [2.24, 2.45) is 11.7 Å². The zero-order chi connectivity index (χ0) is 16.1. The Morgan fingerprint density at radius 3 is 2.64 bits per heavy atom. The van der Waals surface area contributed by atoms with Gasteiger partial charge >= 0.3 is 0 Å². The minimum absolute atomic E-state index is 0.0219. The van der Waals surface area contributed by atoms with Gasteiger partial charge in [0.25, 0.3) is 5.91 Å². The van der Waals surface area contributed by atoms with Crippen molar-refractivity contribution in [3.8, 4) is 5.69 Å². The average Bonchev–Trinajstić information content (AvgIpc) is 2.96. The van der Waals surface area contributed by atoms with Gasteiger partial charge in [0.2, 0.25) is 0 Å². The summed E-state index contributed by atoms with van der Waals surface area (Å²) in [4.78, 5) is 12.3. The summed E-state index contributed by atoms with van der Waals surface area (Å²) in [5.74, 6) is 0.321. The van der Waals surface area contributed by atoms with Crippen molar-refractivity contribution < 1.29 is 4.79 Å². The third kappa shape index (κ3) is 4.32. The summed E-state index contributed by atoms with van der Waals surface area (Å²) >= 11 is 5.86. The van der Waals surface area contributed by atoms with Crippen molar-refractivity contribution in [3.63, 3.8) is 0 Å². The maximum absolute atomic E-state index is 12.3. The first-order valence-corrected chi connectivity index (χ1v) is 7.69. The topological polar surface area (TPSA) is 72.9 Å². The summed E-state index contributed by atoms with van der Waals surface area (Å²) in [6.45, 7) is 4.63. The second kappa shape index (κ2) is 7.42. The predicted molar refractivity (Wildman–Crippen MR) is 88.3 cm³/mol. The van der Waals surface area contributed by atoms with E-state index in [2.05, 4.69) is 24.3 Å².